The van der Waals surface area contributed by atoms with Crippen molar-refractivity contribution in [2.24, 2.45) is 0 Å². The summed E-state index contributed by atoms with van der Waals surface area (Å²) < 4.78 is 5.51. The first kappa shape index (κ1) is 21.6. The number of rotatable bonds is 5. The molecule has 1 unspecified atom stereocenters. The number of pyridine rings is 1. The van der Waals surface area contributed by atoms with Gasteiger partial charge in [0, 0.05) is 17.4 Å². The Hall–Kier alpha value is -3.64. The summed E-state index contributed by atoms with van der Waals surface area (Å²) >= 11 is 6.17. The number of Topliss-reactive ketones (excluding diaryl/α,β-unsaturated/α-hetero) is 1. The van der Waals surface area contributed by atoms with Crippen molar-refractivity contribution in [3.63, 3.8) is 0 Å². The molecule has 2 aromatic carbocycles. The van der Waals surface area contributed by atoms with E-state index in [1.54, 1.807) is 48.7 Å². The number of nitrogens with zero attached hydrogens (tertiary/aromatic N) is 2. The Balaban J connectivity index is 1.93. The molecule has 0 spiro atoms. The van der Waals surface area contributed by atoms with E-state index >= 15 is 0 Å². The van der Waals surface area contributed by atoms with Crippen molar-refractivity contribution in [2.45, 2.75) is 19.9 Å². The molecule has 1 fully saturated rings. The number of ketones is 1. The Morgan fingerprint density at radius 1 is 1.12 bits per heavy atom. The van der Waals surface area contributed by atoms with Gasteiger partial charge in [0.1, 0.15) is 17.6 Å². The zero-order chi connectivity index (χ0) is 22.8. The van der Waals surface area contributed by atoms with Gasteiger partial charge < -0.3 is 9.84 Å². The lowest BCUT2D eigenvalue weighted by Crippen LogP contribution is -2.29. The number of halogens is 1. The largest absolute Gasteiger partial charge is 0.507 e. The van der Waals surface area contributed by atoms with E-state index in [1.165, 1.54) is 4.90 Å². The number of amides is 1. The van der Waals surface area contributed by atoms with Crippen molar-refractivity contribution < 1.29 is 19.4 Å². The minimum absolute atomic E-state index is 0.0417. The van der Waals surface area contributed by atoms with Gasteiger partial charge in [-0.3, -0.25) is 19.5 Å². The van der Waals surface area contributed by atoms with E-state index in [1.807, 2.05) is 32.0 Å². The predicted octanol–water partition coefficient (Wildman–Crippen LogP) is 5.07. The van der Waals surface area contributed by atoms with Gasteiger partial charge in [-0.25, -0.2) is 0 Å². The second-order valence-electron chi connectivity index (χ2n) is 7.34. The summed E-state index contributed by atoms with van der Waals surface area (Å²) in [6.07, 6.45) is 1.58. The molecule has 6 nitrogen and oxygen atoms in total. The van der Waals surface area contributed by atoms with Crippen LogP contribution < -0.4 is 9.64 Å². The van der Waals surface area contributed by atoms with E-state index in [9.17, 15) is 14.7 Å². The molecule has 32 heavy (non-hydrogen) atoms. The van der Waals surface area contributed by atoms with Gasteiger partial charge in [-0.1, -0.05) is 29.8 Å². The Kier molecular flexibility index (Phi) is 5.97. The summed E-state index contributed by atoms with van der Waals surface area (Å²) in [5.74, 6) is -1.45. The molecule has 1 saturated heterocycles. The molecule has 0 saturated carbocycles. The lowest BCUT2D eigenvalue weighted by Gasteiger charge is -2.25. The molecule has 3 aromatic rings. The molecule has 162 valence electrons. The fourth-order valence-electron chi connectivity index (χ4n) is 3.77. The number of aryl methyl sites for hydroxylation is 1. The van der Waals surface area contributed by atoms with Crippen LogP contribution in [-0.2, 0) is 9.59 Å². The monoisotopic (exact) mass is 448 g/mol. The van der Waals surface area contributed by atoms with Crippen LogP contribution in [-0.4, -0.2) is 28.4 Å². The molecule has 0 bridgehead atoms. The highest BCUT2D eigenvalue weighted by molar-refractivity contribution is 6.51. The predicted molar refractivity (Wildman–Crippen MR) is 123 cm³/mol. The second kappa shape index (κ2) is 8.85. The van der Waals surface area contributed by atoms with Gasteiger partial charge in [-0.05, 0) is 61.9 Å². The van der Waals surface area contributed by atoms with Crippen molar-refractivity contribution in [2.75, 3.05) is 11.5 Å². The smallest absolute Gasteiger partial charge is 0.300 e. The third kappa shape index (κ3) is 3.85. The van der Waals surface area contributed by atoms with Crippen LogP contribution in [0.5, 0.6) is 5.75 Å². The van der Waals surface area contributed by atoms with Crippen LogP contribution in [0.15, 0.2) is 72.4 Å². The lowest BCUT2D eigenvalue weighted by atomic mass is 9.98. The van der Waals surface area contributed by atoms with Crippen LogP contribution in [0.4, 0.5) is 5.69 Å². The third-order valence-electron chi connectivity index (χ3n) is 5.20. The average Bonchev–Trinajstić information content (AvgIpc) is 3.06. The van der Waals surface area contributed by atoms with Crippen LogP contribution in [0.25, 0.3) is 5.76 Å². The SMILES string of the molecule is CCOc1cc(/C(O)=C2/C(=O)C(=O)N(c3cccc(C)c3)C2c2ccccn2)ccc1Cl. The number of anilines is 1. The number of ether oxygens (including phenoxy) is 1. The first-order chi connectivity index (χ1) is 15.4. The summed E-state index contributed by atoms with van der Waals surface area (Å²) in [6.45, 7) is 4.10. The van der Waals surface area contributed by atoms with Gasteiger partial charge in [-0.15, -0.1) is 0 Å². The first-order valence-electron chi connectivity index (χ1n) is 10.1. The van der Waals surface area contributed by atoms with E-state index < -0.39 is 17.7 Å². The maximum Gasteiger partial charge on any atom is 0.300 e. The van der Waals surface area contributed by atoms with Crippen molar-refractivity contribution in [3.05, 3.63) is 94.3 Å². The number of hydrogen-bond donors (Lipinski definition) is 1. The van der Waals surface area contributed by atoms with Gasteiger partial charge in [0.15, 0.2) is 0 Å². The molecular weight excluding hydrogens is 428 g/mol. The average molecular weight is 449 g/mol. The lowest BCUT2D eigenvalue weighted by molar-refractivity contribution is -0.132. The maximum absolute atomic E-state index is 13.2. The highest BCUT2D eigenvalue weighted by Crippen LogP contribution is 2.42. The number of carbonyl (C=O) groups excluding carboxylic acids is 2. The van der Waals surface area contributed by atoms with Crippen molar-refractivity contribution in [1.29, 1.82) is 0 Å². The van der Waals surface area contributed by atoms with Crippen LogP contribution in [0.2, 0.25) is 5.02 Å². The van der Waals surface area contributed by atoms with Crippen molar-refractivity contribution in [3.8, 4) is 5.75 Å². The maximum atomic E-state index is 13.2. The molecule has 1 aliphatic heterocycles. The summed E-state index contributed by atoms with van der Waals surface area (Å²) in [4.78, 5) is 32.0. The van der Waals surface area contributed by atoms with E-state index in [2.05, 4.69) is 4.98 Å². The number of aliphatic hydroxyl groups is 1. The molecule has 1 aromatic heterocycles. The molecule has 1 atom stereocenters. The van der Waals surface area contributed by atoms with E-state index in [0.29, 0.717) is 34.3 Å². The van der Waals surface area contributed by atoms with Gasteiger partial charge in [0.25, 0.3) is 11.7 Å². The van der Waals surface area contributed by atoms with Crippen LogP contribution >= 0.6 is 11.6 Å². The summed E-state index contributed by atoms with van der Waals surface area (Å²) in [5.41, 5.74) is 2.23. The van der Waals surface area contributed by atoms with Crippen molar-refractivity contribution in [1.82, 2.24) is 4.98 Å². The minimum atomic E-state index is -0.885. The molecule has 2 heterocycles. The molecule has 0 aliphatic carbocycles. The van der Waals surface area contributed by atoms with Crippen LogP contribution in [0.1, 0.15) is 29.8 Å². The molecule has 7 heteroatoms. The van der Waals surface area contributed by atoms with Gasteiger partial charge in [0.05, 0.1) is 22.9 Å². The third-order valence-corrected chi connectivity index (χ3v) is 5.51. The fourth-order valence-corrected chi connectivity index (χ4v) is 3.94. The van der Waals surface area contributed by atoms with E-state index in [-0.39, 0.29) is 11.3 Å². The van der Waals surface area contributed by atoms with Crippen LogP contribution in [0.3, 0.4) is 0 Å². The molecule has 0 radical (unpaired) electrons. The standard InChI is InChI=1S/C25H21ClN2O4/c1-3-32-20-14-16(10-11-18(20)26)23(29)21-22(19-9-4-5-12-27-19)28(25(31)24(21)30)17-8-6-7-15(2)13-17/h4-14,22,29H,3H2,1-2H3/b23-21-. The zero-order valence-corrected chi connectivity index (χ0v) is 18.3. The van der Waals surface area contributed by atoms with Crippen molar-refractivity contribution >= 4 is 34.7 Å². The summed E-state index contributed by atoms with van der Waals surface area (Å²) in [5, 5.41) is 11.6. The molecule has 1 aliphatic rings. The Bertz CT molecular complexity index is 1220. The van der Waals surface area contributed by atoms with Gasteiger partial charge >= 0.3 is 0 Å². The number of benzene rings is 2. The summed E-state index contributed by atoms with van der Waals surface area (Å²) in [6, 6.07) is 16.3. The Morgan fingerprint density at radius 2 is 1.94 bits per heavy atom. The zero-order valence-electron chi connectivity index (χ0n) is 17.6. The number of hydrogen-bond acceptors (Lipinski definition) is 5. The summed E-state index contributed by atoms with van der Waals surface area (Å²) in [7, 11) is 0. The Morgan fingerprint density at radius 3 is 2.62 bits per heavy atom. The molecule has 1 amide bonds. The molecule has 1 N–H and O–H groups in total. The van der Waals surface area contributed by atoms with Gasteiger partial charge in [0.2, 0.25) is 0 Å². The highest BCUT2D eigenvalue weighted by Gasteiger charge is 2.47. The Labute approximate surface area is 190 Å². The minimum Gasteiger partial charge on any atom is -0.507 e. The normalized spacial score (nSPS) is 17.6. The number of aromatic nitrogens is 1. The highest BCUT2D eigenvalue weighted by atomic mass is 35.5. The topological polar surface area (TPSA) is 79.7 Å². The quantitative estimate of drug-likeness (QED) is 0.335. The molecular formula is C25H21ClN2O4. The van der Waals surface area contributed by atoms with Gasteiger partial charge in [-0.2, -0.15) is 0 Å². The fraction of sp³-hybridized carbons (Fsp3) is 0.160. The number of aliphatic hydroxyl groups excluding tert-OH is 1. The van der Waals surface area contributed by atoms with E-state index in [0.717, 1.165) is 5.56 Å². The second-order valence-corrected chi connectivity index (χ2v) is 7.75. The molecule has 4 rings (SSSR count). The number of carbonyl (C=O) groups is 2. The van der Waals surface area contributed by atoms with Crippen LogP contribution in [0, 0.1) is 6.92 Å². The van der Waals surface area contributed by atoms with E-state index in [4.69, 9.17) is 16.3 Å². The first-order valence-corrected chi connectivity index (χ1v) is 10.5.